The van der Waals surface area contributed by atoms with E-state index in [2.05, 4.69) is 81.1 Å². The second kappa shape index (κ2) is 9.47. The van der Waals surface area contributed by atoms with Crippen LogP contribution in [0.1, 0.15) is 69.9 Å². The predicted molar refractivity (Wildman–Crippen MR) is 107 cm³/mol. The monoisotopic (exact) mass is 320 g/mol. The Morgan fingerprint density at radius 3 is 2.04 bits per heavy atom. The van der Waals surface area contributed by atoms with Gasteiger partial charge in [-0.25, -0.2) is 0 Å². The summed E-state index contributed by atoms with van der Waals surface area (Å²) in [6, 6.07) is 21.8. The van der Waals surface area contributed by atoms with Gasteiger partial charge in [0, 0.05) is 0 Å². The van der Waals surface area contributed by atoms with Gasteiger partial charge in [0.15, 0.2) is 0 Å². The maximum atomic E-state index is 4.43. The molecule has 1 atom stereocenters. The standard InChI is InChI=1S/C24H32/c1-4-6-7-14-19-24(5-2,23-17-12-9-13-18-23)20-21(3)22-15-10-8-11-16-22/h8-13,15-18H,3-7,14,19-20H2,1-2H3. The van der Waals surface area contributed by atoms with E-state index in [1.165, 1.54) is 48.8 Å². The quantitative estimate of drug-likeness (QED) is 0.400. The topological polar surface area (TPSA) is 0 Å². The molecule has 0 aromatic heterocycles. The van der Waals surface area contributed by atoms with E-state index in [9.17, 15) is 0 Å². The van der Waals surface area contributed by atoms with Gasteiger partial charge in [-0.3, -0.25) is 0 Å². The molecule has 0 bridgehead atoms. The van der Waals surface area contributed by atoms with Crippen molar-refractivity contribution in [2.45, 2.75) is 64.2 Å². The highest BCUT2D eigenvalue weighted by Gasteiger charge is 2.30. The van der Waals surface area contributed by atoms with Crippen molar-refractivity contribution in [3.05, 3.63) is 78.4 Å². The van der Waals surface area contributed by atoms with E-state index in [4.69, 9.17) is 0 Å². The van der Waals surface area contributed by atoms with Gasteiger partial charge in [-0.05, 0) is 41.4 Å². The highest BCUT2D eigenvalue weighted by atomic mass is 14.3. The Bertz CT molecular complexity index is 596. The average molecular weight is 321 g/mol. The Morgan fingerprint density at radius 2 is 1.46 bits per heavy atom. The van der Waals surface area contributed by atoms with Crippen LogP contribution in [-0.4, -0.2) is 0 Å². The Labute approximate surface area is 148 Å². The molecule has 0 heteroatoms. The molecule has 0 heterocycles. The molecule has 0 spiro atoms. The van der Waals surface area contributed by atoms with Crippen LogP contribution in [0.2, 0.25) is 0 Å². The molecule has 0 aliphatic carbocycles. The molecule has 24 heavy (non-hydrogen) atoms. The van der Waals surface area contributed by atoms with Crippen molar-refractivity contribution in [3.63, 3.8) is 0 Å². The Morgan fingerprint density at radius 1 is 0.833 bits per heavy atom. The van der Waals surface area contributed by atoms with Crippen LogP contribution in [0.3, 0.4) is 0 Å². The second-order valence-corrected chi connectivity index (χ2v) is 6.96. The lowest BCUT2D eigenvalue weighted by Gasteiger charge is -2.35. The molecule has 0 N–H and O–H groups in total. The fourth-order valence-corrected chi connectivity index (χ4v) is 3.71. The van der Waals surface area contributed by atoms with E-state index in [1.54, 1.807) is 0 Å². The van der Waals surface area contributed by atoms with Gasteiger partial charge in [0.25, 0.3) is 0 Å². The van der Waals surface area contributed by atoms with E-state index in [0.717, 1.165) is 12.8 Å². The largest absolute Gasteiger partial charge is 0.0952 e. The van der Waals surface area contributed by atoms with Crippen molar-refractivity contribution in [2.75, 3.05) is 0 Å². The summed E-state index contributed by atoms with van der Waals surface area (Å²) < 4.78 is 0. The molecule has 0 amide bonds. The smallest absolute Gasteiger partial charge is 0.000927 e. The van der Waals surface area contributed by atoms with E-state index >= 15 is 0 Å². The van der Waals surface area contributed by atoms with E-state index in [0.29, 0.717) is 0 Å². The van der Waals surface area contributed by atoms with Gasteiger partial charge in [-0.15, -0.1) is 0 Å². The molecule has 0 aliphatic heterocycles. The summed E-state index contributed by atoms with van der Waals surface area (Å²) in [7, 11) is 0. The summed E-state index contributed by atoms with van der Waals surface area (Å²) >= 11 is 0. The third-order valence-electron chi connectivity index (χ3n) is 5.31. The van der Waals surface area contributed by atoms with Crippen molar-refractivity contribution in [3.8, 4) is 0 Å². The first kappa shape index (κ1) is 18.5. The number of rotatable bonds is 10. The molecule has 0 radical (unpaired) electrons. The van der Waals surface area contributed by atoms with Crippen molar-refractivity contribution in [1.29, 1.82) is 0 Å². The SMILES string of the molecule is C=C(CC(CC)(CCCCCC)c1ccccc1)c1ccccc1. The van der Waals surface area contributed by atoms with Gasteiger partial charge >= 0.3 is 0 Å². The minimum Gasteiger partial charge on any atom is -0.0952 e. The van der Waals surface area contributed by atoms with E-state index in [1.807, 2.05) is 0 Å². The Kier molecular flexibility index (Phi) is 7.31. The molecule has 128 valence electrons. The fourth-order valence-electron chi connectivity index (χ4n) is 3.71. The van der Waals surface area contributed by atoms with Crippen molar-refractivity contribution >= 4 is 5.57 Å². The van der Waals surface area contributed by atoms with E-state index < -0.39 is 0 Å². The van der Waals surface area contributed by atoms with Crippen LogP contribution in [0.25, 0.3) is 5.57 Å². The first-order valence-corrected chi connectivity index (χ1v) is 9.50. The number of hydrogen-bond acceptors (Lipinski definition) is 0. The summed E-state index contributed by atoms with van der Waals surface area (Å²) in [6.45, 7) is 9.05. The zero-order chi connectivity index (χ0) is 17.3. The number of allylic oxidation sites excluding steroid dienone is 1. The molecule has 2 rings (SSSR count). The molecule has 0 saturated carbocycles. The molecular formula is C24H32. The Balaban J connectivity index is 2.22. The molecule has 0 fully saturated rings. The lowest BCUT2D eigenvalue weighted by molar-refractivity contribution is 0.369. The van der Waals surface area contributed by atoms with Gasteiger partial charge in [-0.1, -0.05) is 107 Å². The third kappa shape index (κ3) is 4.84. The Hall–Kier alpha value is -1.82. The first-order valence-electron chi connectivity index (χ1n) is 9.50. The normalized spacial score (nSPS) is 13.4. The summed E-state index contributed by atoms with van der Waals surface area (Å²) in [4.78, 5) is 0. The predicted octanol–water partition coefficient (Wildman–Crippen LogP) is 7.41. The zero-order valence-corrected chi connectivity index (χ0v) is 15.4. The minimum atomic E-state index is 0.210. The molecule has 0 nitrogen and oxygen atoms in total. The van der Waals surface area contributed by atoms with Crippen LogP contribution < -0.4 is 0 Å². The lowest BCUT2D eigenvalue weighted by Crippen LogP contribution is -2.26. The van der Waals surface area contributed by atoms with Crippen LogP contribution in [-0.2, 0) is 5.41 Å². The summed E-state index contributed by atoms with van der Waals surface area (Å²) in [6.07, 6.45) is 8.73. The highest BCUT2D eigenvalue weighted by molar-refractivity contribution is 5.64. The van der Waals surface area contributed by atoms with Crippen molar-refractivity contribution in [2.24, 2.45) is 0 Å². The third-order valence-corrected chi connectivity index (χ3v) is 5.31. The van der Waals surface area contributed by atoms with Gasteiger partial charge < -0.3 is 0 Å². The molecule has 2 aromatic carbocycles. The van der Waals surface area contributed by atoms with E-state index in [-0.39, 0.29) is 5.41 Å². The zero-order valence-electron chi connectivity index (χ0n) is 15.4. The van der Waals surface area contributed by atoms with Gasteiger partial charge in [0.1, 0.15) is 0 Å². The fraction of sp³-hybridized carbons (Fsp3) is 0.417. The van der Waals surface area contributed by atoms with Gasteiger partial charge in [-0.2, -0.15) is 0 Å². The highest BCUT2D eigenvalue weighted by Crippen LogP contribution is 2.41. The average Bonchev–Trinajstić information content (AvgIpc) is 2.65. The number of hydrogen-bond donors (Lipinski definition) is 0. The first-order chi connectivity index (χ1) is 11.7. The number of benzene rings is 2. The molecule has 0 saturated heterocycles. The van der Waals surface area contributed by atoms with Gasteiger partial charge in [0.05, 0.1) is 0 Å². The van der Waals surface area contributed by atoms with Gasteiger partial charge in [0.2, 0.25) is 0 Å². The molecule has 2 aromatic rings. The molecular weight excluding hydrogens is 288 g/mol. The van der Waals surface area contributed by atoms with Crippen molar-refractivity contribution in [1.82, 2.24) is 0 Å². The summed E-state index contributed by atoms with van der Waals surface area (Å²) in [5.74, 6) is 0. The van der Waals surface area contributed by atoms with Crippen LogP contribution >= 0.6 is 0 Å². The summed E-state index contributed by atoms with van der Waals surface area (Å²) in [5, 5.41) is 0. The van der Waals surface area contributed by atoms with Crippen LogP contribution in [0.5, 0.6) is 0 Å². The maximum absolute atomic E-state index is 4.43. The van der Waals surface area contributed by atoms with Crippen LogP contribution in [0.4, 0.5) is 0 Å². The molecule has 0 aliphatic rings. The second-order valence-electron chi connectivity index (χ2n) is 6.96. The number of unbranched alkanes of at least 4 members (excludes halogenated alkanes) is 3. The van der Waals surface area contributed by atoms with Crippen LogP contribution in [0.15, 0.2) is 67.2 Å². The maximum Gasteiger partial charge on any atom is -0.000927 e. The minimum absolute atomic E-state index is 0.210. The van der Waals surface area contributed by atoms with Crippen LogP contribution in [0, 0.1) is 0 Å². The molecule has 1 unspecified atom stereocenters. The van der Waals surface area contributed by atoms with Crippen molar-refractivity contribution < 1.29 is 0 Å². The summed E-state index contributed by atoms with van der Waals surface area (Å²) in [5.41, 5.74) is 4.22. The lowest BCUT2D eigenvalue weighted by atomic mass is 9.69.